The molecule has 130 valence electrons. The summed E-state index contributed by atoms with van der Waals surface area (Å²) in [4.78, 5) is 6.69. The highest BCUT2D eigenvalue weighted by Crippen LogP contribution is 2.35. The monoisotopic (exact) mass is 332 g/mol. The van der Waals surface area contributed by atoms with Crippen LogP contribution < -0.4 is 0 Å². The Balaban J connectivity index is 1.48. The molecule has 1 saturated carbocycles. The van der Waals surface area contributed by atoms with Gasteiger partial charge in [0, 0.05) is 26.1 Å². The fraction of sp³-hybridized carbons (Fsp3) is 0.750. The molecule has 0 spiro atoms. The molecule has 0 N–H and O–H groups in total. The van der Waals surface area contributed by atoms with Gasteiger partial charge in [-0.1, -0.05) is 18.0 Å². The van der Waals surface area contributed by atoms with Crippen molar-refractivity contribution in [2.75, 3.05) is 13.7 Å². The molecule has 1 fully saturated rings. The van der Waals surface area contributed by atoms with E-state index < -0.39 is 0 Å². The molecular formula is C16H24N6O2. The zero-order valence-electron chi connectivity index (χ0n) is 14.3. The van der Waals surface area contributed by atoms with Gasteiger partial charge in [-0.05, 0) is 19.8 Å². The van der Waals surface area contributed by atoms with E-state index in [1.165, 1.54) is 31.5 Å². The van der Waals surface area contributed by atoms with Crippen LogP contribution >= 0.6 is 0 Å². The van der Waals surface area contributed by atoms with Gasteiger partial charge in [0.15, 0.2) is 5.82 Å². The predicted molar refractivity (Wildman–Crippen MR) is 85.1 cm³/mol. The third-order valence-corrected chi connectivity index (χ3v) is 5.18. The second kappa shape index (κ2) is 6.60. The zero-order chi connectivity index (χ0) is 16.5. The Labute approximate surface area is 141 Å². The minimum Gasteiger partial charge on any atom is -0.375 e. The van der Waals surface area contributed by atoms with Crippen molar-refractivity contribution in [3.63, 3.8) is 0 Å². The first-order valence-corrected chi connectivity index (χ1v) is 8.73. The molecule has 0 saturated heterocycles. The number of aromatic nitrogens is 5. The van der Waals surface area contributed by atoms with Gasteiger partial charge in [0.1, 0.15) is 18.3 Å². The number of rotatable bonds is 5. The van der Waals surface area contributed by atoms with Crippen molar-refractivity contribution in [1.29, 1.82) is 0 Å². The molecule has 2 aliphatic rings. The second-order valence-electron chi connectivity index (χ2n) is 6.73. The number of hydrogen-bond acceptors (Lipinski definition) is 7. The first kappa shape index (κ1) is 15.7. The molecule has 1 unspecified atom stereocenters. The third kappa shape index (κ3) is 2.84. The smallest absolute Gasteiger partial charge is 0.252 e. The van der Waals surface area contributed by atoms with E-state index in [-0.39, 0.29) is 6.04 Å². The molecule has 8 nitrogen and oxygen atoms in total. The SMILES string of the molecule is COCc1nc(CN2CCn3c(C4CCCC4)nnc3C2C)no1. The van der Waals surface area contributed by atoms with Crippen LogP contribution in [-0.2, 0) is 24.4 Å². The van der Waals surface area contributed by atoms with Gasteiger partial charge in [0.05, 0.1) is 12.6 Å². The molecule has 2 aromatic heterocycles. The molecule has 1 atom stereocenters. The van der Waals surface area contributed by atoms with E-state index in [1.54, 1.807) is 7.11 Å². The largest absolute Gasteiger partial charge is 0.375 e. The standard InChI is InChI=1S/C16H24N6O2/c1-11-15-18-19-16(12-5-3-4-6-12)22(15)8-7-21(11)9-13-17-14(10-23-2)24-20-13/h11-12H,3-10H2,1-2H3. The summed E-state index contributed by atoms with van der Waals surface area (Å²) < 4.78 is 12.5. The fourth-order valence-electron chi connectivity index (χ4n) is 3.87. The Morgan fingerprint density at radius 3 is 2.75 bits per heavy atom. The topological polar surface area (TPSA) is 82.1 Å². The molecule has 24 heavy (non-hydrogen) atoms. The lowest BCUT2D eigenvalue weighted by atomic mass is 10.1. The van der Waals surface area contributed by atoms with E-state index in [4.69, 9.17) is 9.26 Å². The third-order valence-electron chi connectivity index (χ3n) is 5.18. The van der Waals surface area contributed by atoms with Crippen LogP contribution in [0.25, 0.3) is 0 Å². The van der Waals surface area contributed by atoms with Crippen LogP contribution in [-0.4, -0.2) is 43.5 Å². The minimum absolute atomic E-state index is 0.200. The minimum atomic E-state index is 0.200. The lowest BCUT2D eigenvalue weighted by Crippen LogP contribution is -2.37. The van der Waals surface area contributed by atoms with Crippen LogP contribution in [0.5, 0.6) is 0 Å². The van der Waals surface area contributed by atoms with Crippen LogP contribution in [0.2, 0.25) is 0 Å². The number of fused-ring (bicyclic) bond motifs is 1. The molecule has 0 bridgehead atoms. The summed E-state index contributed by atoms with van der Waals surface area (Å²) in [6.45, 7) is 5.05. The summed E-state index contributed by atoms with van der Waals surface area (Å²) in [5.74, 6) is 4.06. The Hall–Kier alpha value is -1.80. The highest BCUT2D eigenvalue weighted by atomic mass is 16.5. The Bertz CT molecular complexity index is 691. The van der Waals surface area contributed by atoms with Crippen LogP contribution in [0.3, 0.4) is 0 Å². The van der Waals surface area contributed by atoms with Crippen molar-refractivity contribution in [2.24, 2.45) is 0 Å². The van der Waals surface area contributed by atoms with Gasteiger partial charge >= 0.3 is 0 Å². The lowest BCUT2D eigenvalue weighted by Gasteiger charge is -2.33. The van der Waals surface area contributed by atoms with Gasteiger partial charge in [0.25, 0.3) is 5.89 Å². The highest BCUT2D eigenvalue weighted by molar-refractivity contribution is 5.09. The van der Waals surface area contributed by atoms with Gasteiger partial charge in [-0.3, -0.25) is 4.90 Å². The maximum absolute atomic E-state index is 5.18. The first-order valence-electron chi connectivity index (χ1n) is 8.73. The number of nitrogens with zero attached hydrogens (tertiary/aromatic N) is 6. The quantitative estimate of drug-likeness (QED) is 0.828. The Kier molecular flexibility index (Phi) is 4.32. The molecule has 1 aliphatic carbocycles. The fourth-order valence-corrected chi connectivity index (χ4v) is 3.87. The molecule has 0 radical (unpaired) electrons. The van der Waals surface area contributed by atoms with E-state index in [0.717, 1.165) is 18.9 Å². The van der Waals surface area contributed by atoms with E-state index in [0.29, 0.717) is 30.8 Å². The van der Waals surface area contributed by atoms with Crippen molar-refractivity contribution in [1.82, 2.24) is 29.8 Å². The van der Waals surface area contributed by atoms with Crippen LogP contribution in [0.15, 0.2) is 4.52 Å². The molecule has 1 aliphatic heterocycles. The summed E-state index contributed by atoms with van der Waals surface area (Å²) in [5, 5.41) is 13.1. The molecule has 4 rings (SSSR count). The number of methoxy groups -OCH3 is 1. The zero-order valence-corrected chi connectivity index (χ0v) is 14.3. The highest BCUT2D eigenvalue weighted by Gasteiger charge is 2.32. The van der Waals surface area contributed by atoms with Crippen molar-refractivity contribution in [3.8, 4) is 0 Å². The summed E-state index contributed by atoms with van der Waals surface area (Å²) in [6, 6.07) is 0.200. The van der Waals surface area contributed by atoms with E-state index in [2.05, 4.69) is 36.7 Å². The number of ether oxygens (including phenoxy) is 1. The molecular weight excluding hydrogens is 308 g/mol. The van der Waals surface area contributed by atoms with Crippen molar-refractivity contribution in [3.05, 3.63) is 23.4 Å². The summed E-state index contributed by atoms with van der Waals surface area (Å²) >= 11 is 0. The summed E-state index contributed by atoms with van der Waals surface area (Å²) in [5.41, 5.74) is 0. The van der Waals surface area contributed by atoms with E-state index >= 15 is 0 Å². The molecule has 2 aromatic rings. The van der Waals surface area contributed by atoms with Crippen molar-refractivity contribution >= 4 is 0 Å². The second-order valence-corrected chi connectivity index (χ2v) is 6.73. The first-order chi connectivity index (χ1) is 11.8. The van der Waals surface area contributed by atoms with Crippen LogP contribution in [0, 0.1) is 0 Å². The molecule has 0 amide bonds. The molecule has 3 heterocycles. The lowest BCUT2D eigenvalue weighted by molar-refractivity contribution is 0.147. The predicted octanol–water partition coefficient (Wildman–Crippen LogP) is 2.04. The average Bonchev–Trinajstić information content (AvgIpc) is 3.30. The van der Waals surface area contributed by atoms with Crippen molar-refractivity contribution in [2.45, 2.75) is 64.3 Å². The number of hydrogen-bond donors (Lipinski definition) is 0. The van der Waals surface area contributed by atoms with E-state index in [1.807, 2.05) is 0 Å². The van der Waals surface area contributed by atoms with Gasteiger partial charge < -0.3 is 13.8 Å². The molecule has 0 aromatic carbocycles. The Morgan fingerprint density at radius 1 is 1.17 bits per heavy atom. The van der Waals surface area contributed by atoms with E-state index in [9.17, 15) is 0 Å². The average molecular weight is 332 g/mol. The Morgan fingerprint density at radius 2 is 1.96 bits per heavy atom. The maximum Gasteiger partial charge on any atom is 0.252 e. The maximum atomic E-state index is 5.18. The van der Waals surface area contributed by atoms with Crippen molar-refractivity contribution < 1.29 is 9.26 Å². The normalized spacial score (nSPS) is 22.2. The molecule has 8 heteroatoms. The van der Waals surface area contributed by atoms with Gasteiger partial charge in [-0.25, -0.2) is 0 Å². The van der Waals surface area contributed by atoms with Crippen LogP contribution in [0.4, 0.5) is 0 Å². The van der Waals surface area contributed by atoms with Gasteiger partial charge in [-0.2, -0.15) is 4.98 Å². The summed E-state index contributed by atoms with van der Waals surface area (Å²) in [7, 11) is 1.62. The van der Waals surface area contributed by atoms with Gasteiger partial charge in [0.2, 0.25) is 0 Å². The van der Waals surface area contributed by atoms with Gasteiger partial charge in [-0.15, -0.1) is 10.2 Å². The summed E-state index contributed by atoms with van der Waals surface area (Å²) in [6.07, 6.45) is 5.13. The van der Waals surface area contributed by atoms with Crippen LogP contribution in [0.1, 0.15) is 67.9 Å².